The van der Waals surface area contributed by atoms with E-state index in [1.807, 2.05) is 37.2 Å². The van der Waals surface area contributed by atoms with Crippen LogP contribution in [0.1, 0.15) is 25.5 Å². The third kappa shape index (κ3) is 3.93. The van der Waals surface area contributed by atoms with Crippen molar-refractivity contribution in [3.05, 3.63) is 23.9 Å². The molecule has 0 aromatic carbocycles. The Morgan fingerprint density at radius 1 is 1.50 bits per heavy atom. The van der Waals surface area contributed by atoms with E-state index in [-0.39, 0.29) is 11.8 Å². The maximum atomic E-state index is 12.2. The molecule has 0 spiro atoms. The van der Waals surface area contributed by atoms with Gasteiger partial charge in [0.1, 0.15) is 5.82 Å². The smallest absolute Gasteiger partial charge is 0.223 e. The van der Waals surface area contributed by atoms with Crippen LogP contribution in [0.5, 0.6) is 0 Å². The summed E-state index contributed by atoms with van der Waals surface area (Å²) in [7, 11) is 3.92. The van der Waals surface area contributed by atoms with Crippen molar-refractivity contribution in [1.82, 2.24) is 15.6 Å². The molecule has 110 valence electrons. The molecule has 1 aliphatic rings. The van der Waals surface area contributed by atoms with Gasteiger partial charge in [-0.1, -0.05) is 6.07 Å². The van der Waals surface area contributed by atoms with Gasteiger partial charge in [-0.15, -0.1) is 0 Å². The molecule has 1 aromatic rings. The zero-order valence-electron chi connectivity index (χ0n) is 12.5. The summed E-state index contributed by atoms with van der Waals surface area (Å²) >= 11 is 0. The summed E-state index contributed by atoms with van der Waals surface area (Å²) in [6.45, 7) is 3.55. The SMILES string of the molecule is C[C@H]1C[C@@H](C(=O)NCc2cccc(N(C)C)n2)CCN1. The molecule has 0 aliphatic carbocycles. The first kappa shape index (κ1) is 14.8. The van der Waals surface area contributed by atoms with Gasteiger partial charge in [-0.25, -0.2) is 4.98 Å². The lowest BCUT2D eigenvalue weighted by atomic mass is 9.92. The second-order valence-electron chi connectivity index (χ2n) is 5.68. The number of nitrogens with zero attached hydrogens (tertiary/aromatic N) is 2. The van der Waals surface area contributed by atoms with E-state index in [9.17, 15) is 4.79 Å². The predicted molar refractivity (Wildman–Crippen MR) is 80.6 cm³/mol. The number of hydrogen-bond acceptors (Lipinski definition) is 4. The van der Waals surface area contributed by atoms with E-state index in [1.54, 1.807) is 0 Å². The Kier molecular flexibility index (Phi) is 4.95. The van der Waals surface area contributed by atoms with E-state index < -0.39 is 0 Å². The van der Waals surface area contributed by atoms with E-state index >= 15 is 0 Å². The van der Waals surface area contributed by atoms with Crippen LogP contribution in [0, 0.1) is 5.92 Å². The number of pyridine rings is 1. The molecule has 0 saturated carbocycles. The summed E-state index contributed by atoms with van der Waals surface area (Å²) in [5, 5.41) is 6.37. The molecule has 0 bridgehead atoms. The monoisotopic (exact) mass is 276 g/mol. The summed E-state index contributed by atoms with van der Waals surface area (Å²) < 4.78 is 0. The number of amides is 1. The number of carbonyl (C=O) groups excluding carboxylic acids is 1. The molecule has 1 saturated heterocycles. The molecule has 1 aliphatic heterocycles. The summed E-state index contributed by atoms with van der Waals surface area (Å²) in [5.74, 6) is 1.19. The normalized spacial score (nSPS) is 22.4. The van der Waals surface area contributed by atoms with Crippen LogP contribution >= 0.6 is 0 Å². The fraction of sp³-hybridized carbons (Fsp3) is 0.600. The number of piperidine rings is 1. The average Bonchev–Trinajstić information content (AvgIpc) is 2.45. The average molecular weight is 276 g/mol. The molecule has 0 unspecified atom stereocenters. The molecule has 20 heavy (non-hydrogen) atoms. The highest BCUT2D eigenvalue weighted by molar-refractivity contribution is 5.78. The molecule has 5 nitrogen and oxygen atoms in total. The zero-order chi connectivity index (χ0) is 14.5. The Morgan fingerprint density at radius 3 is 3.00 bits per heavy atom. The van der Waals surface area contributed by atoms with E-state index in [1.165, 1.54) is 0 Å². The molecule has 1 amide bonds. The molecule has 1 fully saturated rings. The number of hydrogen-bond donors (Lipinski definition) is 2. The lowest BCUT2D eigenvalue weighted by Gasteiger charge is -2.27. The summed E-state index contributed by atoms with van der Waals surface area (Å²) in [6.07, 6.45) is 1.83. The van der Waals surface area contributed by atoms with Crippen molar-refractivity contribution in [2.24, 2.45) is 5.92 Å². The van der Waals surface area contributed by atoms with Crippen LogP contribution in [0.2, 0.25) is 0 Å². The van der Waals surface area contributed by atoms with Crippen molar-refractivity contribution in [3.8, 4) is 0 Å². The second kappa shape index (κ2) is 6.70. The molecule has 0 radical (unpaired) electrons. The van der Waals surface area contributed by atoms with Crippen molar-refractivity contribution in [2.45, 2.75) is 32.4 Å². The molecule has 1 aromatic heterocycles. The van der Waals surface area contributed by atoms with E-state index in [0.29, 0.717) is 12.6 Å². The minimum Gasteiger partial charge on any atom is -0.363 e. The lowest BCUT2D eigenvalue weighted by molar-refractivity contribution is -0.126. The third-order valence-electron chi connectivity index (χ3n) is 3.69. The largest absolute Gasteiger partial charge is 0.363 e. The van der Waals surface area contributed by atoms with Crippen molar-refractivity contribution < 1.29 is 4.79 Å². The lowest BCUT2D eigenvalue weighted by Crippen LogP contribution is -2.42. The highest BCUT2D eigenvalue weighted by Crippen LogP contribution is 2.16. The fourth-order valence-electron chi connectivity index (χ4n) is 2.51. The fourth-order valence-corrected chi connectivity index (χ4v) is 2.51. The van der Waals surface area contributed by atoms with Gasteiger partial charge in [-0.2, -0.15) is 0 Å². The first-order valence-corrected chi connectivity index (χ1v) is 7.20. The summed E-state index contributed by atoms with van der Waals surface area (Å²) in [6, 6.07) is 6.30. The van der Waals surface area contributed by atoms with Gasteiger partial charge in [0.05, 0.1) is 12.2 Å². The van der Waals surface area contributed by atoms with Crippen molar-refractivity contribution in [1.29, 1.82) is 0 Å². The minimum absolute atomic E-state index is 0.128. The Balaban J connectivity index is 1.88. The van der Waals surface area contributed by atoms with Crippen LogP contribution in [0.3, 0.4) is 0 Å². The number of carbonyl (C=O) groups is 1. The van der Waals surface area contributed by atoms with Gasteiger partial charge >= 0.3 is 0 Å². The van der Waals surface area contributed by atoms with Gasteiger partial charge in [0.2, 0.25) is 5.91 Å². The Bertz CT molecular complexity index is 461. The Hall–Kier alpha value is -1.62. The first-order valence-electron chi connectivity index (χ1n) is 7.20. The maximum Gasteiger partial charge on any atom is 0.223 e. The number of anilines is 1. The molecule has 2 rings (SSSR count). The van der Waals surface area contributed by atoms with Gasteiger partial charge < -0.3 is 15.5 Å². The Morgan fingerprint density at radius 2 is 2.30 bits per heavy atom. The van der Waals surface area contributed by atoms with Crippen LogP contribution in [-0.4, -0.2) is 37.6 Å². The van der Waals surface area contributed by atoms with Crippen molar-refractivity contribution in [3.63, 3.8) is 0 Å². The highest BCUT2D eigenvalue weighted by atomic mass is 16.1. The molecular weight excluding hydrogens is 252 g/mol. The quantitative estimate of drug-likeness (QED) is 0.866. The van der Waals surface area contributed by atoms with Crippen LogP contribution in [0.25, 0.3) is 0 Å². The van der Waals surface area contributed by atoms with Crippen LogP contribution in [0.15, 0.2) is 18.2 Å². The van der Waals surface area contributed by atoms with Crippen LogP contribution in [0.4, 0.5) is 5.82 Å². The topological polar surface area (TPSA) is 57.3 Å². The van der Waals surface area contributed by atoms with Crippen LogP contribution < -0.4 is 15.5 Å². The van der Waals surface area contributed by atoms with Crippen LogP contribution in [-0.2, 0) is 11.3 Å². The van der Waals surface area contributed by atoms with E-state index in [4.69, 9.17) is 0 Å². The summed E-state index contributed by atoms with van der Waals surface area (Å²) in [4.78, 5) is 18.6. The highest BCUT2D eigenvalue weighted by Gasteiger charge is 2.24. The Labute approximate surface area is 120 Å². The minimum atomic E-state index is 0.128. The zero-order valence-corrected chi connectivity index (χ0v) is 12.5. The molecule has 5 heteroatoms. The van der Waals surface area contributed by atoms with Gasteiger partial charge in [-0.05, 0) is 38.4 Å². The second-order valence-corrected chi connectivity index (χ2v) is 5.68. The molecular formula is C15H24N4O. The van der Waals surface area contributed by atoms with Gasteiger partial charge in [0.15, 0.2) is 0 Å². The number of nitrogens with one attached hydrogen (secondary N) is 2. The van der Waals surface area contributed by atoms with Crippen molar-refractivity contribution in [2.75, 3.05) is 25.5 Å². The number of aromatic nitrogens is 1. The number of rotatable bonds is 4. The van der Waals surface area contributed by atoms with Gasteiger partial charge in [0, 0.05) is 26.1 Å². The standard InChI is InChI=1S/C15H24N4O/c1-11-9-12(7-8-16-11)15(20)17-10-13-5-4-6-14(18-13)19(2)3/h4-6,11-12,16H,7-10H2,1-3H3,(H,17,20)/t11-,12-/m0/s1. The molecule has 2 heterocycles. The predicted octanol–water partition coefficient (Wildman–Crippen LogP) is 1.15. The maximum absolute atomic E-state index is 12.2. The third-order valence-corrected chi connectivity index (χ3v) is 3.69. The summed E-state index contributed by atoms with van der Waals surface area (Å²) in [5.41, 5.74) is 0.895. The van der Waals surface area contributed by atoms with Gasteiger partial charge in [0.25, 0.3) is 0 Å². The molecule has 2 N–H and O–H groups in total. The first-order chi connectivity index (χ1) is 9.56. The van der Waals surface area contributed by atoms with Gasteiger partial charge in [-0.3, -0.25) is 4.79 Å². The van der Waals surface area contributed by atoms with Crippen molar-refractivity contribution >= 4 is 11.7 Å². The molecule has 2 atom stereocenters. The van der Waals surface area contributed by atoms with E-state index in [2.05, 4.69) is 22.5 Å². The van der Waals surface area contributed by atoms with E-state index in [0.717, 1.165) is 30.9 Å².